The maximum Gasteiger partial charge on any atom is 0.433 e. The van der Waals surface area contributed by atoms with Gasteiger partial charge in [-0.1, -0.05) is 30.3 Å². The van der Waals surface area contributed by atoms with Gasteiger partial charge in [-0.3, -0.25) is 4.84 Å². The molecular formula is C8H14N2O3S. The van der Waals surface area contributed by atoms with Crippen molar-refractivity contribution in [2.24, 2.45) is 5.16 Å². The van der Waals surface area contributed by atoms with E-state index in [4.69, 9.17) is 4.74 Å². The van der Waals surface area contributed by atoms with Crippen LogP contribution in [0, 0.1) is 0 Å². The van der Waals surface area contributed by atoms with Crippen LogP contribution in [0.3, 0.4) is 0 Å². The summed E-state index contributed by atoms with van der Waals surface area (Å²) < 4.78 is 5.39. The van der Waals surface area contributed by atoms with Gasteiger partial charge < -0.3 is 10.1 Å². The van der Waals surface area contributed by atoms with Crippen molar-refractivity contribution in [3.8, 4) is 0 Å². The molecule has 6 heteroatoms. The number of thioether (sulfide) groups is 1. The van der Waals surface area contributed by atoms with Crippen molar-refractivity contribution in [2.45, 2.75) is 25.9 Å². The molecule has 1 atom stereocenters. The van der Waals surface area contributed by atoms with Gasteiger partial charge in [0.05, 0.1) is 5.94 Å². The minimum Gasteiger partial charge on any atom is -0.360 e. The maximum atomic E-state index is 10.7. The van der Waals surface area contributed by atoms with Crippen LogP contribution in [-0.4, -0.2) is 30.2 Å². The summed E-state index contributed by atoms with van der Waals surface area (Å²) in [7, 11) is 1.49. The molecule has 1 N–H and O–H groups in total. The molecule has 14 heavy (non-hydrogen) atoms. The van der Waals surface area contributed by atoms with E-state index in [1.165, 1.54) is 18.8 Å². The van der Waals surface area contributed by atoms with Gasteiger partial charge in [-0.25, -0.2) is 4.79 Å². The van der Waals surface area contributed by atoms with Gasteiger partial charge in [0.25, 0.3) is 0 Å². The van der Waals surface area contributed by atoms with Crippen LogP contribution < -0.4 is 5.32 Å². The van der Waals surface area contributed by atoms with Crippen LogP contribution in [0.15, 0.2) is 5.16 Å². The maximum absolute atomic E-state index is 10.7. The summed E-state index contributed by atoms with van der Waals surface area (Å²) >= 11 is 1.47. The molecule has 0 aromatic carbocycles. The van der Waals surface area contributed by atoms with E-state index in [1.807, 2.05) is 0 Å². The summed E-state index contributed by atoms with van der Waals surface area (Å²) in [5, 5.41) is 6.80. The first-order chi connectivity index (χ1) is 6.77. The Kier molecular flexibility index (Phi) is 4.75. The van der Waals surface area contributed by atoms with Gasteiger partial charge in [-0.2, -0.15) is 0 Å². The highest BCUT2D eigenvalue weighted by molar-refractivity contribution is 8.14. The summed E-state index contributed by atoms with van der Waals surface area (Å²) in [6.45, 7) is 2.07. The molecule has 0 spiro atoms. The smallest absolute Gasteiger partial charge is 0.360 e. The Morgan fingerprint density at radius 1 is 1.86 bits per heavy atom. The summed E-state index contributed by atoms with van der Waals surface area (Å²) in [6, 6.07) is 0. The zero-order valence-electron chi connectivity index (χ0n) is 8.28. The first-order valence-electron chi connectivity index (χ1n) is 4.49. The van der Waals surface area contributed by atoms with E-state index in [-0.39, 0.29) is 6.10 Å². The van der Waals surface area contributed by atoms with Gasteiger partial charge in [0.2, 0.25) is 0 Å². The number of carbonyl (C=O) groups excluding carboxylic acids is 1. The van der Waals surface area contributed by atoms with Gasteiger partial charge in [-0.05, 0) is 6.42 Å². The molecule has 1 aliphatic rings. The van der Waals surface area contributed by atoms with E-state index in [2.05, 4.69) is 22.2 Å². The SMILES string of the molecule is CCCC1OCS/C1=N/OC(=O)NC. The lowest BCUT2D eigenvalue weighted by molar-refractivity contribution is 0.134. The normalized spacial score (nSPS) is 23.9. The molecule has 0 bridgehead atoms. The number of nitrogens with zero attached hydrogens (tertiary/aromatic N) is 1. The number of carbonyl (C=O) groups is 1. The lowest BCUT2D eigenvalue weighted by atomic mass is 10.2. The van der Waals surface area contributed by atoms with Gasteiger partial charge in [0.15, 0.2) is 0 Å². The van der Waals surface area contributed by atoms with E-state index in [0.29, 0.717) is 5.94 Å². The molecule has 5 nitrogen and oxygen atoms in total. The van der Waals surface area contributed by atoms with Crippen LogP contribution in [0.4, 0.5) is 4.79 Å². The third-order valence-electron chi connectivity index (χ3n) is 1.72. The molecule has 1 aliphatic heterocycles. The molecule has 0 aliphatic carbocycles. The second kappa shape index (κ2) is 5.87. The van der Waals surface area contributed by atoms with Crippen LogP contribution in [0.5, 0.6) is 0 Å². The number of ether oxygens (including phenoxy) is 1. The number of hydrogen-bond acceptors (Lipinski definition) is 5. The monoisotopic (exact) mass is 218 g/mol. The number of oxime groups is 1. The summed E-state index contributed by atoms with van der Waals surface area (Å²) in [6.07, 6.45) is 1.36. The highest BCUT2D eigenvalue weighted by atomic mass is 32.2. The van der Waals surface area contributed by atoms with Crippen molar-refractivity contribution in [1.82, 2.24) is 5.32 Å². The minimum absolute atomic E-state index is 0.00495. The molecule has 1 amide bonds. The average molecular weight is 218 g/mol. The molecule has 80 valence electrons. The van der Waals surface area contributed by atoms with E-state index in [1.54, 1.807) is 0 Å². The Labute approximate surface area is 87.2 Å². The highest BCUT2D eigenvalue weighted by Gasteiger charge is 2.24. The van der Waals surface area contributed by atoms with Crippen molar-refractivity contribution in [1.29, 1.82) is 0 Å². The Balaban J connectivity index is 2.44. The topological polar surface area (TPSA) is 59.9 Å². The van der Waals surface area contributed by atoms with Crippen LogP contribution in [0.1, 0.15) is 19.8 Å². The molecule has 0 saturated carbocycles. The van der Waals surface area contributed by atoms with Crippen molar-refractivity contribution in [3.05, 3.63) is 0 Å². The fourth-order valence-corrected chi connectivity index (χ4v) is 1.84. The van der Waals surface area contributed by atoms with Crippen LogP contribution in [0.25, 0.3) is 0 Å². The summed E-state index contributed by atoms with van der Waals surface area (Å²) in [5.74, 6) is 0.584. The van der Waals surface area contributed by atoms with Crippen molar-refractivity contribution < 1.29 is 14.4 Å². The second-order valence-electron chi connectivity index (χ2n) is 2.76. The Hall–Kier alpha value is -0.750. The second-order valence-corrected chi connectivity index (χ2v) is 3.71. The first kappa shape index (κ1) is 11.3. The molecule has 1 fully saturated rings. The van der Waals surface area contributed by atoms with Crippen LogP contribution in [0.2, 0.25) is 0 Å². The Morgan fingerprint density at radius 3 is 3.29 bits per heavy atom. The van der Waals surface area contributed by atoms with Gasteiger partial charge in [-0.15, -0.1) is 0 Å². The highest BCUT2D eigenvalue weighted by Crippen LogP contribution is 2.23. The van der Waals surface area contributed by atoms with Crippen LogP contribution in [-0.2, 0) is 9.57 Å². The number of rotatable bonds is 3. The molecule has 0 radical (unpaired) electrons. The molecule has 1 unspecified atom stereocenters. The Morgan fingerprint density at radius 2 is 2.64 bits per heavy atom. The third-order valence-corrected chi connectivity index (χ3v) is 2.61. The molecule has 1 heterocycles. The lowest BCUT2D eigenvalue weighted by Gasteiger charge is -2.06. The van der Waals surface area contributed by atoms with Crippen molar-refractivity contribution in [3.63, 3.8) is 0 Å². The predicted molar refractivity (Wildman–Crippen MR) is 55.2 cm³/mol. The molecule has 0 aromatic heterocycles. The van der Waals surface area contributed by atoms with Crippen molar-refractivity contribution in [2.75, 3.05) is 13.0 Å². The van der Waals surface area contributed by atoms with E-state index in [0.717, 1.165) is 17.9 Å². The third kappa shape index (κ3) is 3.19. The average Bonchev–Trinajstić information content (AvgIpc) is 2.62. The molecule has 0 aromatic rings. The van der Waals surface area contributed by atoms with Gasteiger partial charge in [0, 0.05) is 7.05 Å². The lowest BCUT2D eigenvalue weighted by Crippen LogP contribution is -2.19. The quantitative estimate of drug-likeness (QED) is 0.576. The van der Waals surface area contributed by atoms with E-state index >= 15 is 0 Å². The minimum atomic E-state index is -0.555. The van der Waals surface area contributed by atoms with Crippen molar-refractivity contribution >= 4 is 22.9 Å². The standard InChI is InChI=1S/C8H14N2O3S/c1-3-4-6-7(14-5-12-6)10-13-8(11)9-2/h6H,3-5H2,1-2H3,(H,9,11)/b10-7+. The summed E-state index contributed by atoms with van der Waals surface area (Å²) in [4.78, 5) is 15.3. The molecule has 1 saturated heterocycles. The number of amides is 1. The predicted octanol–water partition coefficient (Wildman–Crippen LogP) is 1.55. The largest absolute Gasteiger partial charge is 0.433 e. The fourth-order valence-electron chi connectivity index (χ4n) is 1.03. The van der Waals surface area contributed by atoms with E-state index < -0.39 is 6.09 Å². The fraction of sp³-hybridized carbons (Fsp3) is 0.750. The van der Waals surface area contributed by atoms with Gasteiger partial charge in [0.1, 0.15) is 11.1 Å². The summed E-state index contributed by atoms with van der Waals surface area (Å²) in [5.41, 5.74) is 0. The number of nitrogens with one attached hydrogen (secondary N) is 1. The van der Waals surface area contributed by atoms with Gasteiger partial charge >= 0.3 is 6.09 Å². The first-order valence-corrected chi connectivity index (χ1v) is 5.47. The zero-order valence-corrected chi connectivity index (χ0v) is 9.10. The molecular weight excluding hydrogens is 204 g/mol. The Bertz CT molecular complexity index is 233. The zero-order chi connectivity index (χ0) is 10.4. The molecule has 1 rings (SSSR count). The van der Waals surface area contributed by atoms with E-state index in [9.17, 15) is 4.79 Å². The van der Waals surface area contributed by atoms with Crippen LogP contribution >= 0.6 is 11.8 Å². The number of hydrogen-bond donors (Lipinski definition) is 1.